The van der Waals surface area contributed by atoms with Gasteiger partial charge in [-0.15, -0.1) is 0 Å². The molecule has 0 unspecified atom stereocenters. The summed E-state index contributed by atoms with van der Waals surface area (Å²) in [5.41, 5.74) is 1.37. The summed E-state index contributed by atoms with van der Waals surface area (Å²) in [4.78, 5) is 2.33. The number of ether oxygens (including phenoxy) is 1. The zero-order valence-corrected chi connectivity index (χ0v) is 9.94. The third-order valence-electron chi connectivity index (χ3n) is 2.80. The highest BCUT2D eigenvalue weighted by atomic mass is 16.5. The summed E-state index contributed by atoms with van der Waals surface area (Å²) in [6.07, 6.45) is 1.05. The van der Waals surface area contributed by atoms with Crippen LogP contribution in [0.5, 0.6) is 0 Å². The molecule has 1 rings (SSSR count). The van der Waals surface area contributed by atoms with E-state index >= 15 is 0 Å². The molecule has 0 amide bonds. The molecule has 0 N–H and O–H groups in total. The first kappa shape index (κ1) is 12.2. The molecule has 0 radical (unpaired) electrons. The fourth-order valence-corrected chi connectivity index (χ4v) is 1.68. The van der Waals surface area contributed by atoms with Crippen LogP contribution in [0.1, 0.15) is 12.5 Å². The summed E-state index contributed by atoms with van der Waals surface area (Å²) in [6, 6.07) is 11.1. The van der Waals surface area contributed by atoms with Crippen molar-refractivity contribution < 1.29 is 4.74 Å². The van der Waals surface area contributed by atoms with Crippen LogP contribution in [-0.2, 0) is 11.2 Å². The lowest BCUT2D eigenvalue weighted by Crippen LogP contribution is -2.36. The molecule has 0 aromatic heterocycles. The maximum absolute atomic E-state index is 5.26. The summed E-state index contributed by atoms with van der Waals surface area (Å²) in [7, 11) is 3.91. The molecule has 0 spiro atoms. The van der Waals surface area contributed by atoms with Gasteiger partial charge in [0.05, 0.1) is 6.61 Å². The lowest BCUT2D eigenvalue weighted by Gasteiger charge is -2.26. The van der Waals surface area contributed by atoms with Crippen molar-refractivity contribution in [2.75, 3.05) is 27.3 Å². The normalized spacial score (nSPS) is 13.1. The molecular weight excluding hydrogens is 186 g/mol. The summed E-state index contributed by atoms with van der Waals surface area (Å²) in [5.74, 6) is 0. The van der Waals surface area contributed by atoms with Crippen molar-refractivity contribution in [2.45, 2.75) is 19.4 Å². The second kappa shape index (κ2) is 6.59. The van der Waals surface area contributed by atoms with Gasteiger partial charge in [-0.2, -0.15) is 0 Å². The predicted octanol–water partition coefficient (Wildman–Crippen LogP) is 2.20. The molecular formula is C13H21NO. The largest absolute Gasteiger partial charge is 0.383 e. The molecule has 0 bridgehead atoms. The van der Waals surface area contributed by atoms with E-state index in [1.165, 1.54) is 5.56 Å². The molecule has 1 aromatic carbocycles. The average Bonchev–Trinajstić information content (AvgIpc) is 2.29. The third-order valence-corrected chi connectivity index (χ3v) is 2.80. The van der Waals surface area contributed by atoms with E-state index in [2.05, 4.69) is 49.2 Å². The number of methoxy groups -OCH3 is 1. The number of nitrogens with zero attached hydrogens (tertiary/aromatic N) is 1. The van der Waals surface area contributed by atoms with Crippen LogP contribution in [0.15, 0.2) is 30.3 Å². The maximum Gasteiger partial charge on any atom is 0.0621 e. The Morgan fingerprint density at radius 1 is 1.27 bits per heavy atom. The Morgan fingerprint density at radius 3 is 2.47 bits per heavy atom. The minimum atomic E-state index is 0.474. The number of rotatable bonds is 6. The van der Waals surface area contributed by atoms with Crippen molar-refractivity contribution in [3.8, 4) is 0 Å². The third kappa shape index (κ3) is 4.02. The predicted molar refractivity (Wildman–Crippen MR) is 64.1 cm³/mol. The van der Waals surface area contributed by atoms with E-state index in [-0.39, 0.29) is 0 Å². The number of benzene rings is 1. The number of hydrogen-bond donors (Lipinski definition) is 0. The Hall–Kier alpha value is -0.860. The van der Waals surface area contributed by atoms with Crippen LogP contribution in [0.2, 0.25) is 0 Å². The van der Waals surface area contributed by atoms with Crippen LogP contribution < -0.4 is 0 Å². The van der Waals surface area contributed by atoms with Crippen molar-refractivity contribution in [1.29, 1.82) is 0 Å². The Bertz CT molecular complexity index is 260. The van der Waals surface area contributed by atoms with Crippen LogP contribution in [0.25, 0.3) is 0 Å². The summed E-state index contributed by atoms with van der Waals surface area (Å²) in [5, 5.41) is 0. The second-order valence-corrected chi connectivity index (χ2v) is 3.87. The van der Waals surface area contributed by atoms with E-state index < -0.39 is 0 Å². The van der Waals surface area contributed by atoms with E-state index in [9.17, 15) is 0 Å². The molecule has 0 heterocycles. The van der Waals surface area contributed by atoms with Crippen molar-refractivity contribution in [1.82, 2.24) is 4.90 Å². The monoisotopic (exact) mass is 207 g/mol. The first-order chi connectivity index (χ1) is 7.27. The lowest BCUT2D eigenvalue weighted by atomic mass is 10.1. The Kier molecular flexibility index (Phi) is 5.37. The second-order valence-electron chi connectivity index (χ2n) is 3.87. The van der Waals surface area contributed by atoms with E-state index in [0.29, 0.717) is 6.04 Å². The van der Waals surface area contributed by atoms with Gasteiger partial charge in [0.15, 0.2) is 0 Å². The van der Waals surface area contributed by atoms with Gasteiger partial charge in [-0.25, -0.2) is 0 Å². The molecule has 2 heteroatoms. The van der Waals surface area contributed by atoms with Gasteiger partial charge in [-0.3, -0.25) is 0 Å². The molecule has 84 valence electrons. The smallest absolute Gasteiger partial charge is 0.0621 e. The molecule has 0 fully saturated rings. The van der Waals surface area contributed by atoms with Crippen LogP contribution >= 0.6 is 0 Å². The Balaban J connectivity index is 2.58. The van der Waals surface area contributed by atoms with Crippen LogP contribution in [-0.4, -0.2) is 38.3 Å². The average molecular weight is 207 g/mol. The quantitative estimate of drug-likeness (QED) is 0.709. The van der Waals surface area contributed by atoms with Crippen molar-refractivity contribution in [3.05, 3.63) is 35.9 Å². The SMILES string of the molecule is CCN(C)[C@@H](COC)Cc1ccccc1. The summed E-state index contributed by atoms with van der Waals surface area (Å²) in [6.45, 7) is 4.02. The van der Waals surface area contributed by atoms with Crippen LogP contribution in [0.3, 0.4) is 0 Å². The van der Waals surface area contributed by atoms with Gasteiger partial charge in [0.2, 0.25) is 0 Å². The summed E-state index contributed by atoms with van der Waals surface area (Å²) >= 11 is 0. The van der Waals surface area contributed by atoms with E-state index in [4.69, 9.17) is 4.74 Å². The topological polar surface area (TPSA) is 12.5 Å². The zero-order chi connectivity index (χ0) is 11.1. The molecule has 0 saturated carbocycles. The van der Waals surface area contributed by atoms with Gasteiger partial charge in [0, 0.05) is 13.2 Å². The maximum atomic E-state index is 5.26. The molecule has 15 heavy (non-hydrogen) atoms. The van der Waals surface area contributed by atoms with Gasteiger partial charge >= 0.3 is 0 Å². The van der Waals surface area contributed by atoms with Crippen molar-refractivity contribution in [3.63, 3.8) is 0 Å². The standard InChI is InChI=1S/C13H21NO/c1-4-14(2)13(11-15-3)10-12-8-6-5-7-9-12/h5-9,13H,4,10-11H2,1-3H3/t13-/m1/s1. The fourth-order valence-electron chi connectivity index (χ4n) is 1.68. The Labute approximate surface area is 92.9 Å². The molecule has 0 saturated heterocycles. The molecule has 0 aliphatic rings. The van der Waals surface area contributed by atoms with Gasteiger partial charge in [-0.05, 0) is 25.6 Å². The lowest BCUT2D eigenvalue weighted by molar-refractivity contribution is 0.109. The van der Waals surface area contributed by atoms with E-state index in [1.54, 1.807) is 7.11 Å². The van der Waals surface area contributed by atoms with Gasteiger partial charge in [0.1, 0.15) is 0 Å². The van der Waals surface area contributed by atoms with Crippen LogP contribution in [0, 0.1) is 0 Å². The minimum absolute atomic E-state index is 0.474. The minimum Gasteiger partial charge on any atom is -0.383 e. The van der Waals surface area contributed by atoms with Gasteiger partial charge < -0.3 is 9.64 Å². The highest BCUT2D eigenvalue weighted by Crippen LogP contribution is 2.07. The number of likely N-dealkylation sites (N-methyl/N-ethyl adjacent to an activating group) is 1. The zero-order valence-electron chi connectivity index (χ0n) is 9.94. The Morgan fingerprint density at radius 2 is 1.93 bits per heavy atom. The number of hydrogen-bond acceptors (Lipinski definition) is 2. The molecule has 0 aliphatic carbocycles. The first-order valence-electron chi connectivity index (χ1n) is 5.51. The van der Waals surface area contributed by atoms with E-state index in [1.807, 2.05) is 0 Å². The molecule has 1 atom stereocenters. The van der Waals surface area contributed by atoms with Crippen molar-refractivity contribution >= 4 is 0 Å². The fraction of sp³-hybridized carbons (Fsp3) is 0.538. The summed E-state index contributed by atoms with van der Waals surface area (Å²) < 4.78 is 5.26. The molecule has 2 nitrogen and oxygen atoms in total. The van der Waals surface area contributed by atoms with Crippen molar-refractivity contribution in [2.24, 2.45) is 0 Å². The van der Waals surface area contributed by atoms with Gasteiger partial charge in [0.25, 0.3) is 0 Å². The molecule has 1 aromatic rings. The van der Waals surface area contributed by atoms with E-state index in [0.717, 1.165) is 19.6 Å². The highest BCUT2D eigenvalue weighted by Gasteiger charge is 2.13. The first-order valence-corrected chi connectivity index (χ1v) is 5.51. The van der Waals surface area contributed by atoms with Crippen LogP contribution in [0.4, 0.5) is 0 Å². The highest BCUT2D eigenvalue weighted by molar-refractivity contribution is 5.15. The molecule has 0 aliphatic heterocycles. The van der Waals surface area contributed by atoms with Gasteiger partial charge in [-0.1, -0.05) is 37.3 Å².